The largest absolute Gasteiger partial charge is 0.490 e. The van der Waals surface area contributed by atoms with Crippen molar-refractivity contribution in [1.82, 2.24) is 9.78 Å². The number of nitrogen functional groups attached to an aromatic ring is 1. The molecule has 1 aromatic carbocycles. The van der Waals surface area contributed by atoms with E-state index in [4.69, 9.17) is 10.5 Å². The van der Waals surface area contributed by atoms with Crippen LogP contribution in [0.4, 0.5) is 5.82 Å². The van der Waals surface area contributed by atoms with Crippen LogP contribution in [0, 0.1) is 0 Å². The van der Waals surface area contributed by atoms with Gasteiger partial charge in [-0.05, 0) is 42.0 Å². The van der Waals surface area contributed by atoms with Crippen molar-refractivity contribution >= 4 is 17.6 Å². The first kappa shape index (κ1) is 13.4. The van der Waals surface area contributed by atoms with E-state index in [-0.39, 0.29) is 0 Å². The molecule has 0 unspecified atom stereocenters. The monoisotopic (exact) mass is 289 g/mol. The van der Waals surface area contributed by atoms with Crippen LogP contribution in [0.2, 0.25) is 0 Å². The minimum absolute atomic E-state index is 0.366. The summed E-state index contributed by atoms with van der Waals surface area (Å²) in [4.78, 5) is 0. The van der Waals surface area contributed by atoms with Crippen LogP contribution in [0.5, 0.6) is 5.75 Å². The molecule has 4 nitrogen and oxygen atoms in total. The predicted molar refractivity (Wildman–Crippen MR) is 84.0 cm³/mol. The maximum absolute atomic E-state index is 6.02. The second kappa shape index (κ2) is 5.79. The summed E-state index contributed by atoms with van der Waals surface area (Å²) in [6, 6.07) is 8.12. The van der Waals surface area contributed by atoms with Gasteiger partial charge in [-0.2, -0.15) is 16.9 Å². The van der Waals surface area contributed by atoms with Gasteiger partial charge >= 0.3 is 0 Å². The van der Waals surface area contributed by atoms with Crippen LogP contribution >= 0.6 is 11.8 Å². The van der Waals surface area contributed by atoms with E-state index in [1.54, 1.807) is 10.9 Å². The van der Waals surface area contributed by atoms with E-state index >= 15 is 0 Å². The third kappa shape index (κ3) is 2.77. The molecule has 0 atom stereocenters. The molecule has 1 aliphatic rings. The van der Waals surface area contributed by atoms with Crippen molar-refractivity contribution in [2.75, 3.05) is 17.2 Å². The highest BCUT2D eigenvalue weighted by Crippen LogP contribution is 2.28. The Bertz CT molecular complexity index is 573. The summed E-state index contributed by atoms with van der Waals surface area (Å²) in [5.41, 5.74) is 8.03. The fraction of sp³-hybridized carbons (Fsp3) is 0.400. The van der Waals surface area contributed by atoms with Gasteiger partial charge in [0.15, 0.2) is 0 Å². The second-order valence-corrected chi connectivity index (χ2v) is 6.25. The molecule has 1 saturated heterocycles. The van der Waals surface area contributed by atoms with Crippen molar-refractivity contribution in [3.05, 3.63) is 30.5 Å². The Morgan fingerprint density at radius 1 is 1.25 bits per heavy atom. The Morgan fingerprint density at radius 2 is 1.95 bits per heavy atom. The average Bonchev–Trinajstić information content (AvgIpc) is 2.81. The Labute approximate surface area is 123 Å². The number of aromatic nitrogens is 2. The molecule has 2 aromatic rings. The van der Waals surface area contributed by atoms with Gasteiger partial charge < -0.3 is 10.5 Å². The molecule has 20 heavy (non-hydrogen) atoms. The summed E-state index contributed by atoms with van der Waals surface area (Å²) in [5, 5.41) is 4.17. The van der Waals surface area contributed by atoms with Gasteiger partial charge in [0.1, 0.15) is 17.7 Å². The minimum Gasteiger partial charge on any atom is -0.490 e. The second-order valence-electron chi connectivity index (χ2n) is 5.02. The molecule has 0 amide bonds. The lowest BCUT2D eigenvalue weighted by Crippen LogP contribution is -2.21. The summed E-state index contributed by atoms with van der Waals surface area (Å²) >= 11 is 2.01. The van der Waals surface area contributed by atoms with Crippen LogP contribution in [-0.4, -0.2) is 27.4 Å². The molecule has 1 aliphatic heterocycles. The Hall–Kier alpha value is -1.62. The van der Waals surface area contributed by atoms with Crippen LogP contribution in [0.3, 0.4) is 0 Å². The molecule has 0 aliphatic carbocycles. The van der Waals surface area contributed by atoms with Crippen molar-refractivity contribution in [3.8, 4) is 16.9 Å². The van der Waals surface area contributed by atoms with E-state index in [9.17, 15) is 0 Å². The molecular formula is C15H19N3OS. The van der Waals surface area contributed by atoms with Crippen molar-refractivity contribution in [3.63, 3.8) is 0 Å². The molecule has 1 fully saturated rings. The van der Waals surface area contributed by atoms with Crippen molar-refractivity contribution in [2.24, 2.45) is 7.05 Å². The van der Waals surface area contributed by atoms with Crippen LogP contribution in [0.15, 0.2) is 30.5 Å². The molecule has 106 valence electrons. The van der Waals surface area contributed by atoms with Gasteiger partial charge in [0.25, 0.3) is 0 Å². The Morgan fingerprint density at radius 3 is 2.55 bits per heavy atom. The van der Waals surface area contributed by atoms with Gasteiger partial charge in [-0.3, -0.25) is 4.68 Å². The number of thioether (sulfide) groups is 1. The number of benzene rings is 1. The first-order valence-electron chi connectivity index (χ1n) is 6.86. The van der Waals surface area contributed by atoms with Gasteiger partial charge in [-0.15, -0.1) is 0 Å². The topological polar surface area (TPSA) is 53.1 Å². The van der Waals surface area contributed by atoms with Crippen LogP contribution in [-0.2, 0) is 7.05 Å². The predicted octanol–water partition coefficient (Wildman–Crippen LogP) is 2.94. The molecular weight excluding hydrogens is 270 g/mol. The molecule has 0 spiro atoms. The van der Waals surface area contributed by atoms with Gasteiger partial charge in [0, 0.05) is 12.6 Å². The van der Waals surface area contributed by atoms with Crippen LogP contribution in [0.1, 0.15) is 12.8 Å². The summed E-state index contributed by atoms with van der Waals surface area (Å²) in [7, 11) is 1.84. The van der Waals surface area contributed by atoms with Gasteiger partial charge in [0.2, 0.25) is 0 Å². The third-order valence-electron chi connectivity index (χ3n) is 3.62. The first-order chi connectivity index (χ1) is 9.74. The summed E-state index contributed by atoms with van der Waals surface area (Å²) in [5.74, 6) is 4.03. The number of hydrogen-bond donors (Lipinski definition) is 1. The van der Waals surface area contributed by atoms with E-state index in [1.807, 2.05) is 43.1 Å². The van der Waals surface area contributed by atoms with Crippen LogP contribution < -0.4 is 10.5 Å². The van der Waals surface area contributed by atoms with Crippen molar-refractivity contribution in [1.29, 1.82) is 0 Å². The smallest absolute Gasteiger partial charge is 0.129 e. The standard InChI is InChI=1S/C15H19N3OS/c1-18-15(16)14(10-17-18)11-2-4-12(5-3-11)19-13-6-8-20-9-7-13/h2-5,10,13H,6-9,16H2,1H3. The van der Waals surface area contributed by atoms with Crippen molar-refractivity contribution < 1.29 is 4.74 Å². The molecule has 0 bridgehead atoms. The minimum atomic E-state index is 0.366. The fourth-order valence-electron chi connectivity index (χ4n) is 2.37. The maximum Gasteiger partial charge on any atom is 0.129 e. The fourth-order valence-corrected chi connectivity index (χ4v) is 3.43. The highest BCUT2D eigenvalue weighted by Gasteiger charge is 2.15. The maximum atomic E-state index is 6.02. The summed E-state index contributed by atoms with van der Waals surface area (Å²) < 4.78 is 7.70. The summed E-state index contributed by atoms with van der Waals surface area (Å²) in [6.07, 6.45) is 4.44. The first-order valence-corrected chi connectivity index (χ1v) is 8.02. The number of nitrogens with zero attached hydrogens (tertiary/aromatic N) is 2. The highest BCUT2D eigenvalue weighted by molar-refractivity contribution is 7.99. The van der Waals surface area contributed by atoms with Crippen LogP contribution in [0.25, 0.3) is 11.1 Å². The lowest BCUT2D eigenvalue weighted by Gasteiger charge is -2.22. The Balaban J connectivity index is 1.72. The number of nitrogens with two attached hydrogens (primary N) is 1. The number of ether oxygens (including phenoxy) is 1. The average molecular weight is 289 g/mol. The van der Waals surface area contributed by atoms with E-state index in [0.717, 1.165) is 29.7 Å². The number of rotatable bonds is 3. The van der Waals surface area contributed by atoms with E-state index in [2.05, 4.69) is 5.10 Å². The SMILES string of the molecule is Cn1ncc(-c2ccc(OC3CCSCC3)cc2)c1N. The molecule has 0 saturated carbocycles. The molecule has 0 radical (unpaired) electrons. The third-order valence-corrected chi connectivity index (χ3v) is 4.67. The van der Waals surface area contributed by atoms with Gasteiger partial charge in [0.05, 0.1) is 6.20 Å². The Kier molecular flexibility index (Phi) is 3.87. The quantitative estimate of drug-likeness (QED) is 0.944. The molecule has 5 heteroatoms. The van der Waals surface area contributed by atoms with Gasteiger partial charge in [-0.25, -0.2) is 0 Å². The number of anilines is 1. The van der Waals surface area contributed by atoms with Gasteiger partial charge in [-0.1, -0.05) is 12.1 Å². The molecule has 3 rings (SSSR count). The zero-order valence-electron chi connectivity index (χ0n) is 11.6. The lowest BCUT2D eigenvalue weighted by molar-refractivity contribution is 0.192. The van der Waals surface area contributed by atoms with E-state index in [0.29, 0.717) is 11.9 Å². The van der Waals surface area contributed by atoms with E-state index < -0.39 is 0 Å². The molecule has 2 heterocycles. The molecule has 1 aromatic heterocycles. The summed E-state index contributed by atoms with van der Waals surface area (Å²) in [6.45, 7) is 0. The van der Waals surface area contributed by atoms with Crippen molar-refractivity contribution in [2.45, 2.75) is 18.9 Å². The zero-order chi connectivity index (χ0) is 13.9. The number of hydrogen-bond acceptors (Lipinski definition) is 4. The van der Waals surface area contributed by atoms with E-state index in [1.165, 1.54) is 11.5 Å². The lowest BCUT2D eigenvalue weighted by atomic mass is 10.1. The normalized spacial score (nSPS) is 16.2. The molecule has 2 N–H and O–H groups in total. The highest BCUT2D eigenvalue weighted by atomic mass is 32.2. The number of aryl methyl sites for hydroxylation is 1. The zero-order valence-corrected chi connectivity index (χ0v) is 12.4.